The first kappa shape index (κ1) is 18.0. The molecule has 4 rings (SSSR count). The van der Waals surface area contributed by atoms with Crippen molar-refractivity contribution in [1.82, 2.24) is 4.90 Å². The summed E-state index contributed by atoms with van der Waals surface area (Å²) in [5.74, 6) is -1.78. The maximum atomic E-state index is 13.0. The predicted molar refractivity (Wildman–Crippen MR) is 101 cm³/mol. The maximum Gasteiger partial charge on any atom is 0.312 e. The fraction of sp³-hybridized carbons (Fsp3) is 0.286. The highest BCUT2D eigenvalue weighted by molar-refractivity contribution is 6.03. The fourth-order valence-electron chi connectivity index (χ4n) is 3.77. The van der Waals surface area contributed by atoms with Crippen LogP contribution in [0.2, 0.25) is 0 Å². The average molecular weight is 380 g/mol. The second-order valence-corrected chi connectivity index (χ2v) is 7.02. The summed E-state index contributed by atoms with van der Waals surface area (Å²) < 4.78 is 5.60. The molecule has 1 N–H and O–H groups in total. The summed E-state index contributed by atoms with van der Waals surface area (Å²) in [7, 11) is 0. The molecule has 0 aromatic heterocycles. The second-order valence-electron chi connectivity index (χ2n) is 7.02. The second kappa shape index (κ2) is 6.99. The summed E-state index contributed by atoms with van der Waals surface area (Å²) in [6, 6.07) is 14.3. The number of anilines is 1. The number of carboxylic acids is 1. The molecule has 2 aromatic carbocycles. The zero-order chi connectivity index (χ0) is 19.8. The summed E-state index contributed by atoms with van der Waals surface area (Å²) >= 11 is 0. The number of rotatable bonds is 3. The standard InChI is InChI=1S/C21H20N2O5/c1-13-20(25)23(17-8-4-5-9-18(17)28-13)12-19(24)22-10-14-6-2-3-7-15(14)16(11-22)21(26)27/h2-9,13,16H,10-12H2,1H3,(H,26,27). The Hall–Kier alpha value is -3.35. The molecule has 0 radical (unpaired) electrons. The van der Waals surface area contributed by atoms with Gasteiger partial charge in [0.25, 0.3) is 5.91 Å². The van der Waals surface area contributed by atoms with E-state index in [0.717, 1.165) is 11.1 Å². The number of para-hydroxylation sites is 2. The summed E-state index contributed by atoms with van der Waals surface area (Å²) in [4.78, 5) is 40.3. The van der Waals surface area contributed by atoms with Gasteiger partial charge in [0, 0.05) is 13.1 Å². The van der Waals surface area contributed by atoms with Gasteiger partial charge in [-0.1, -0.05) is 36.4 Å². The van der Waals surface area contributed by atoms with Gasteiger partial charge in [-0.25, -0.2) is 0 Å². The number of benzene rings is 2. The van der Waals surface area contributed by atoms with Crippen molar-refractivity contribution in [3.05, 3.63) is 59.7 Å². The highest BCUT2D eigenvalue weighted by Gasteiger charge is 2.36. The monoisotopic (exact) mass is 380 g/mol. The summed E-state index contributed by atoms with van der Waals surface area (Å²) in [6.07, 6.45) is -0.684. The van der Waals surface area contributed by atoms with Crippen LogP contribution in [0, 0.1) is 0 Å². The number of hydrogen-bond acceptors (Lipinski definition) is 4. The molecule has 0 saturated carbocycles. The first-order valence-corrected chi connectivity index (χ1v) is 9.11. The van der Waals surface area contributed by atoms with E-state index >= 15 is 0 Å². The molecule has 2 unspecified atom stereocenters. The van der Waals surface area contributed by atoms with E-state index in [9.17, 15) is 19.5 Å². The van der Waals surface area contributed by atoms with Gasteiger partial charge in [0.2, 0.25) is 5.91 Å². The number of hydrogen-bond donors (Lipinski definition) is 1. The van der Waals surface area contributed by atoms with Gasteiger partial charge < -0.3 is 14.7 Å². The minimum absolute atomic E-state index is 0.0842. The van der Waals surface area contributed by atoms with Crippen molar-refractivity contribution in [2.75, 3.05) is 18.0 Å². The van der Waals surface area contributed by atoms with Crippen molar-refractivity contribution >= 4 is 23.5 Å². The third kappa shape index (κ3) is 3.09. The number of nitrogens with zero attached hydrogens (tertiary/aromatic N) is 2. The van der Waals surface area contributed by atoms with Crippen LogP contribution >= 0.6 is 0 Å². The van der Waals surface area contributed by atoms with Crippen molar-refractivity contribution in [2.24, 2.45) is 0 Å². The van der Waals surface area contributed by atoms with Crippen molar-refractivity contribution in [1.29, 1.82) is 0 Å². The smallest absolute Gasteiger partial charge is 0.312 e. The molecule has 0 spiro atoms. The highest BCUT2D eigenvalue weighted by Crippen LogP contribution is 2.34. The third-order valence-corrected chi connectivity index (χ3v) is 5.21. The lowest BCUT2D eigenvalue weighted by molar-refractivity contribution is -0.141. The Balaban J connectivity index is 1.59. The lowest BCUT2D eigenvalue weighted by atomic mass is 9.90. The molecule has 7 heteroatoms. The first-order valence-electron chi connectivity index (χ1n) is 9.11. The molecule has 28 heavy (non-hydrogen) atoms. The molecule has 0 bridgehead atoms. The Kier molecular flexibility index (Phi) is 4.50. The summed E-state index contributed by atoms with van der Waals surface area (Å²) in [5.41, 5.74) is 2.10. The zero-order valence-electron chi connectivity index (χ0n) is 15.4. The van der Waals surface area contributed by atoms with Crippen LogP contribution in [-0.4, -0.2) is 47.0 Å². The summed E-state index contributed by atoms with van der Waals surface area (Å²) in [6.45, 7) is 1.90. The van der Waals surface area contributed by atoms with Crippen LogP contribution in [0.15, 0.2) is 48.5 Å². The first-order chi connectivity index (χ1) is 13.5. The SMILES string of the molecule is CC1Oc2ccccc2N(CC(=O)N2Cc3ccccc3C(C(=O)O)C2)C1=O. The normalized spacial score (nSPS) is 20.8. The van der Waals surface area contributed by atoms with Crippen molar-refractivity contribution < 1.29 is 24.2 Å². The average Bonchev–Trinajstić information content (AvgIpc) is 2.70. The van der Waals surface area contributed by atoms with E-state index in [0.29, 0.717) is 18.0 Å². The van der Waals surface area contributed by atoms with Crippen LogP contribution in [0.4, 0.5) is 5.69 Å². The van der Waals surface area contributed by atoms with Crippen molar-refractivity contribution in [2.45, 2.75) is 25.5 Å². The molecule has 0 aliphatic carbocycles. The van der Waals surface area contributed by atoms with Gasteiger partial charge >= 0.3 is 5.97 Å². The van der Waals surface area contributed by atoms with Gasteiger partial charge in [0.1, 0.15) is 12.3 Å². The molecule has 0 saturated heterocycles. The highest BCUT2D eigenvalue weighted by atomic mass is 16.5. The largest absolute Gasteiger partial charge is 0.481 e. The van der Waals surface area contributed by atoms with Gasteiger partial charge in [0.15, 0.2) is 6.10 Å². The van der Waals surface area contributed by atoms with Gasteiger partial charge in [0.05, 0.1) is 11.6 Å². The Bertz CT molecular complexity index is 957. The van der Waals surface area contributed by atoms with Crippen LogP contribution in [0.5, 0.6) is 5.75 Å². The fourth-order valence-corrected chi connectivity index (χ4v) is 3.77. The Labute approximate surface area is 162 Å². The van der Waals surface area contributed by atoms with Gasteiger partial charge in [-0.3, -0.25) is 19.3 Å². The van der Waals surface area contributed by atoms with Crippen LogP contribution < -0.4 is 9.64 Å². The lowest BCUT2D eigenvalue weighted by Gasteiger charge is -2.36. The maximum absolute atomic E-state index is 13.0. The number of carboxylic acid groups (broad SMARTS) is 1. The molecule has 2 heterocycles. The number of carbonyl (C=O) groups is 3. The van der Waals surface area contributed by atoms with Gasteiger partial charge in [-0.05, 0) is 30.2 Å². The molecule has 2 amide bonds. The quantitative estimate of drug-likeness (QED) is 0.880. The molecule has 2 aliphatic rings. The molecular weight excluding hydrogens is 360 g/mol. The topological polar surface area (TPSA) is 87.2 Å². The van der Waals surface area contributed by atoms with Gasteiger partial charge in [-0.15, -0.1) is 0 Å². The van der Waals surface area contributed by atoms with Crippen LogP contribution in [-0.2, 0) is 20.9 Å². The lowest BCUT2D eigenvalue weighted by Crippen LogP contribution is -2.51. The van der Waals surface area contributed by atoms with E-state index < -0.39 is 18.0 Å². The van der Waals surface area contributed by atoms with E-state index in [-0.39, 0.29) is 24.9 Å². The van der Waals surface area contributed by atoms with Crippen LogP contribution in [0.25, 0.3) is 0 Å². The van der Waals surface area contributed by atoms with Crippen LogP contribution in [0.3, 0.4) is 0 Å². The number of carbonyl (C=O) groups excluding carboxylic acids is 2. The van der Waals surface area contributed by atoms with Gasteiger partial charge in [-0.2, -0.15) is 0 Å². The molecule has 0 fully saturated rings. The van der Waals surface area contributed by atoms with Crippen molar-refractivity contribution in [3.63, 3.8) is 0 Å². The zero-order valence-corrected chi connectivity index (χ0v) is 15.4. The van der Waals surface area contributed by atoms with E-state index in [2.05, 4.69) is 0 Å². The number of aliphatic carboxylic acids is 1. The number of ether oxygens (including phenoxy) is 1. The molecule has 144 valence electrons. The molecular formula is C21H20N2O5. The van der Waals surface area contributed by atoms with E-state index in [1.165, 1.54) is 9.80 Å². The summed E-state index contributed by atoms with van der Waals surface area (Å²) in [5, 5.41) is 9.59. The molecule has 2 aromatic rings. The van der Waals surface area contributed by atoms with Crippen molar-refractivity contribution in [3.8, 4) is 5.75 Å². The Morgan fingerprint density at radius 3 is 2.64 bits per heavy atom. The molecule has 7 nitrogen and oxygen atoms in total. The minimum Gasteiger partial charge on any atom is -0.481 e. The Morgan fingerprint density at radius 2 is 1.86 bits per heavy atom. The molecule has 2 atom stereocenters. The van der Waals surface area contributed by atoms with E-state index in [1.807, 2.05) is 12.1 Å². The van der Waals surface area contributed by atoms with E-state index in [1.54, 1.807) is 43.3 Å². The third-order valence-electron chi connectivity index (χ3n) is 5.21. The van der Waals surface area contributed by atoms with Crippen LogP contribution in [0.1, 0.15) is 24.0 Å². The number of fused-ring (bicyclic) bond motifs is 2. The Morgan fingerprint density at radius 1 is 1.14 bits per heavy atom. The minimum atomic E-state index is -0.966. The van der Waals surface area contributed by atoms with E-state index in [4.69, 9.17) is 4.74 Å². The predicted octanol–water partition coefficient (Wildman–Crippen LogP) is 2.01. The molecule has 2 aliphatic heterocycles. The number of amides is 2.